The third kappa shape index (κ3) is 4.77. The molecule has 16 heavy (non-hydrogen) atoms. The van der Waals surface area contributed by atoms with Crippen molar-refractivity contribution in [2.45, 2.75) is 39.2 Å². The van der Waals surface area contributed by atoms with Crippen LogP contribution >= 0.6 is 0 Å². The van der Waals surface area contributed by atoms with Gasteiger partial charge in [0.15, 0.2) is 0 Å². The van der Waals surface area contributed by atoms with Crippen molar-refractivity contribution in [3.05, 3.63) is 0 Å². The summed E-state index contributed by atoms with van der Waals surface area (Å²) in [5.41, 5.74) is 0. The Morgan fingerprint density at radius 1 is 1.25 bits per heavy atom. The number of hydrogen-bond acceptors (Lipinski definition) is 3. The van der Waals surface area contributed by atoms with Gasteiger partial charge in [-0.1, -0.05) is 6.92 Å². The Kier molecular flexibility index (Phi) is 6.14. The third-order valence-electron chi connectivity index (χ3n) is 2.16. The minimum Gasteiger partial charge on any atom is -0.481 e. The lowest BCUT2D eigenvalue weighted by Gasteiger charge is -2.27. The molecule has 0 aromatic carbocycles. The van der Waals surface area contributed by atoms with Crippen molar-refractivity contribution in [1.82, 2.24) is 4.90 Å². The molecule has 1 amide bonds. The highest BCUT2D eigenvalue weighted by molar-refractivity contribution is 5.82. The largest absolute Gasteiger partial charge is 0.481 e. The molecule has 0 unspecified atom stereocenters. The zero-order chi connectivity index (χ0) is 12.7. The molecule has 0 aliphatic carbocycles. The van der Waals surface area contributed by atoms with Gasteiger partial charge in [0.05, 0.1) is 0 Å². The molecule has 0 rings (SSSR count). The van der Waals surface area contributed by atoms with Crippen LogP contribution in [-0.4, -0.2) is 45.5 Å². The topological polar surface area (TPSA) is 94.9 Å². The first-order chi connectivity index (χ1) is 7.40. The molecule has 0 aliphatic rings. The van der Waals surface area contributed by atoms with Crippen LogP contribution in [0.2, 0.25) is 0 Å². The van der Waals surface area contributed by atoms with Gasteiger partial charge in [-0.2, -0.15) is 0 Å². The van der Waals surface area contributed by atoms with Crippen LogP contribution in [0.15, 0.2) is 0 Å². The fourth-order valence-corrected chi connectivity index (χ4v) is 1.45. The monoisotopic (exact) mass is 231 g/mol. The van der Waals surface area contributed by atoms with Crippen LogP contribution in [0.5, 0.6) is 0 Å². The predicted molar refractivity (Wildman–Crippen MR) is 56.0 cm³/mol. The summed E-state index contributed by atoms with van der Waals surface area (Å²) in [4.78, 5) is 33.8. The van der Waals surface area contributed by atoms with Crippen molar-refractivity contribution in [2.24, 2.45) is 0 Å². The average Bonchev–Trinajstić information content (AvgIpc) is 2.15. The molecule has 2 N–H and O–H groups in total. The van der Waals surface area contributed by atoms with Crippen LogP contribution in [-0.2, 0) is 14.4 Å². The van der Waals surface area contributed by atoms with Crippen LogP contribution in [0.4, 0.5) is 0 Å². The minimum atomic E-state index is -1.16. The van der Waals surface area contributed by atoms with Gasteiger partial charge in [0.2, 0.25) is 5.91 Å². The average molecular weight is 231 g/mol. The van der Waals surface area contributed by atoms with E-state index in [1.807, 2.05) is 6.92 Å². The fraction of sp³-hybridized carbons (Fsp3) is 0.700. The number of carboxylic acids is 2. The lowest BCUT2D eigenvalue weighted by atomic mass is 10.1. The fourth-order valence-electron chi connectivity index (χ4n) is 1.45. The van der Waals surface area contributed by atoms with Crippen LogP contribution in [0, 0.1) is 0 Å². The Morgan fingerprint density at radius 2 is 1.81 bits per heavy atom. The number of hydrogen-bond donors (Lipinski definition) is 2. The van der Waals surface area contributed by atoms with E-state index in [2.05, 4.69) is 0 Å². The summed E-state index contributed by atoms with van der Waals surface area (Å²) in [6.45, 7) is 3.43. The molecule has 92 valence electrons. The molecule has 6 nitrogen and oxygen atoms in total. The van der Waals surface area contributed by atoms with Crippen molar-refractivity contribution >= 4 is 17.8 Å². The van der Waals surface area contributed by atoms with Crippen LogP contribution in [0.3, 0.4) is 0 Å². The van der Waals surface area contributed by atoms with Gasteiger partial charge in [-0.3, -0.25) is 9.59 Å². The maximum absolute atomic E-state index is 11.2. The van der Waals surface area contributed by atoms with Gasteiger partial charge in [-0.25, -0.2) is 4.79 Å². The van der Waals surface area contributed by atoms with E-state index in [0.29, 0.717) is 13.0 Å². The molecule has 0 fully saturated rings. The number of nitrogens with zero attached hydrogens (tertiary/aromatic N) is 1. The molecular formula is C10H17NO5. The first-order valence-corrected chi connectivity index (χ1v) is 5.12. The molecule has 0 heterocycles. The second-order valence-corrected chi connectivity index (χ2v) is 3.50. The van der Waals surface area contributed by atoms with Crippen molar-refractivity contribution in [2.75, 3.05) is 6.54 Å². The summed E-state index contributed by atoms with van der Waals surface area (Å²) < 4.78 is 0. The molecule has 1 atom stereocenters. The Morgan fingerprint density at radius 3 is 2.12 bits per heavy atom. The molecule has 0 spiro atoms. The van der Waals surface area contributed by atoms with Crippen molar-refractivity contribution in [1.29, 1.82) is 0 Å². The molecule has 0 bridgehead atoms. The summed E-state index contributed by atoms with van der Waals surface area (Å²) in [6, 6.07) is -1.05. The molecule has 0 saturated heterocycles. The van der Waals surface area contributed by atoms with Gasteiger partial charge in [-0.05, 0) is 12.8 Å². The molecule has 0 aromatic rings. The van der Waals surface area contributed by atoms with E-state index in [-0.39, 0.29) is 18.7 Å². The van der Waals surface area contributed by atoms with E-state index in [0.717, 1.165) is 0 Å². The Labute approximate surface area is 93.9 Å². The van der Waals surface area contributed by atoms with Crippen LogP contribution in [0.1, 0.15) is 33.1 Å². The van der Waals surface area contributed by atoms with E-state index in [1.165, 1.54) is 11.8 Å². The standard InChI is InChI=1S/C10H17NO5/c1-3-6-11(7(2)12)8(10(15)16)4-5-9(13)14/h8H,3-6H2,1-2H3,(H,13,14)(H,15,16)/t8-/m0/s1. The quantitative estimate of drug-likeness (QED) is 0.667. The predicted octanol–water partition coefficient (Wildman–Crippen LogP) is 0.563. The summed E-state index contributed by atoms with van der Waals surface area (Å²) in [7, 11) is 0. The third-order valence-corrected chi connectivity index (χ3v) is 2.16. The highest BCUT2D eigenvalue weighted by Crippen LogP contribution is 2.09. The summed E-state index contributed by atoms with van der Waals surface area (Å²) in [5, 5.41) is 17.4. The second kappa shape index (κ2) is 6.81. The Bertz CT molecular complexity index is 276. The van der Waals surface area contributed by atoms with Gasteiger partial charge < -0.3 is 15.1 Å². The van der Waals surface area contributed by atoms with Crippen LogP contribution in [0.25, 0.3) is 0 Å². The summed E-state index contributed by atoms with van der Waals surface area (Å²) >= 11 is 0. The number of carboxylic acid groups (broad SMARTS) is 2. The normalized spacial score (nSPS) is 11.9. The summed E-state index contributed by atoms with van der Waals surface area (Å²) in [6.07, 6.45) is 0.311. The number of aliphatic carboxylic acids is 2. The zero-order valence-corrected chi connectivity index (χ0v) is 9.47. The molecule has 0 aromatic heterocycles. The molecule has 6 heteroatoms. The van der Waals surface area contributed by atoms with Gasteiger partial charge in [0.25, 0.3) is 0 Å². The van der Waals surface area contributed by atoms with E-state index in [9.17, 15) is 14.4 Å². The number of carbonyl (C=O) groups excluding carboxylic acids is 1. The number of rotatable bonds is 7. The lowest BCUT2D eigenvalue weighted by Crippen LogP contribution is -2.44. The number of amides is 1. The first kappa shape index (κ1) is 14.4. The van der Waals surface area contributed by atoms with E-state index < -0.39 is 18.0 Å². The van der Waals surface area contributed by atoms with E-state index in [4.69, 9.17) is 10.2 Å². The highest BCUT2D eigenvalue weighted by Gasteiger charge is 2.27. The first-order valence-electron chi connectivity index (χ1n) is 5.12. The zero-order valence-electron chi connectivity index (χ0n) is 9.47. The SMILES string of the molecule is CCCN(C(C)=O)[C@@H](CCC(=O)O)C(=O)O. The van der Waals surface area contributed by atoms with Crippen molar-refractivity contribution in [3.8, 4) is 0 Å². The van der Waals surface area contributed by atoms with Gasteiger partial charge in [0, 0.05) is 19.9 Å². The van der Waals surface area contributed by atoms with Crippen LogP contribution < -0.4 is 0 Å². The summed E-state index contributed by atoms with van der Waals surface area (Å²) in [5.74, 6) is -2.57. The van der Waals surface area contributed by atoms with Crippen molar-refractivity contribution < 1.29 is 24.6 Å². The van der Waals surface area contributed by atoms with Gasteiger partial charge in [0.1, 0.15) is 6.04 Å². The Hall–Kier alpha value is -1.59. The highest BCUT2D eigenvalue weighted by atomic mass is 16.4. The Balaban J connectivity index is 4.64. The van der Waals surface area contributed by atoms with E-state index >= 15 is 0 Å². The van der Waals surface area contributed by atoms with Gasteiger partial charge in [-0.15, -0.1) is 0 Å². The minimum absolute atomic E-state index is 0.0652. The molecule has 0 saturated carbocycles. The molecule has 0 aliphatic heterocycles. The van der Waals surface area contributed by atoms with Crippen molar-refractivity contribution in [3.63, 3.8) is 0 Å². The van der Waals surface area contributed by atoms with E-state index in [1.54, 1.807) is 0 Å². The number of carbonyl (C=O) groups is 3. The van der Waals surface area contributed by atoms with Gasteiger partial charge >= 0.3 is 11.9 Å². The molecule has 0 radical (unpaired) electrons. The second-order valence-electron chi connectivity index (χ2n) is 3.50. The molecular weight excluding hydrogens is 214 g/mol. The maximum atomic E-state index is 11.2. The smallest absolute Gasteiger partial charge is 0.326 e. The lowest BCUT2D eigenvalue weighted by molar-refractivity contribution is -0.150. The maximum Gasteiger partial charge on any atom is 0.326 e.